The number of carbonyl (C=O) groups is 1. The van der Waals surface area contributed by atoms with Gasteiger partial charge in [0.05, 0.1) is 43.1 Å². The lowest BCUT2D eigenvalue weighted by Gasteiger charge is -2.51. The van der Waals surface area contributed by atoms with Gasteiger partial charge in [-0.05, 0) is 11.1 Å². The van der Waals surface area contributed by atoms with Gasteiger partial charge in [-0.15, -0.1) is 0 Å². The van der Waals surface area contributed by atoms with Gasteiger partial charge < -0.3 is 47.7 Å². The molecule has 0 fully saturated rings. The van der Waals surface area contributed by atoms with Crippen LogP contribution in [-0.4, -0.2) is 71.5 Å². The molecule has 47 heavy (non-hydrogen) atoms. The molecule has 1 aliphatic carbocycles. The van der Waals surface area contributed by atoms with E-state index in [1.807, 2.05) is 60.7 Å². The molecule has 11 heteroatoms. The summed E-state index contributed by atoms with van der Waals surface area (Å²) in [7, 11) is 8.80. The number of carbonyl (C=O) groups excluding carboxylic acids is 1. The van der Waals surface area contributed by atoms with Gasteiger partial charge in [0.1, 0.15) is 18.0 Å². The summed E-state index contributed by atoms with van der Waals surface area (Å²) in [4.78, 5) is 14.5. The minimum Gasteiger partial charge on any atom is -0.492 e. The highest BCUT2D eigenvalue weighted by Crippen LogP contribution is 2.69. The van der Waals surface area contributed by atoms with Gasteiger partial charge in [-0.25, -0.2) is 0 Å². The third-order valence-electron chi connectivity index (χ3n) is 9.79. The molecular formula is C36H38O11. The summed E-state index contributed by atoms with van der Waals surface area (Å²) in [6.45, 7) is 0. The number of aliphatic hydroxyl groups excluding tert-OH is 1. The molecule has 1 unspecified atom stereocenters. The van der Waals surface area contributed by atoms with E-state index in [1.54, 1.807) is 7.11 Å². The second-order valence-electron chi connectivity index (χ2n) is 11.8. The van der Waals surface area contributed by atoms with Crippen molar-refractivity contribution in [3.05, 3.63) is 94.2 Å². The van der Waals surface area contributed by atoms with Crippen LogP contribution >= 0.6 is 0 Å². The van der Waals surface area contributed by atoms with Gasteiger partial charge in [0, 0.05) is 41.3 Å². The lowest BCUT2D eigenvalue weighted by Crippen LogP contribution is -2.69. The van der Waals surface area contributed by atoms with Crippen molar-refractivity contribution in [1.29, 1.82) is 0 Å². The van der Waals surface area contributed by atoms with Crippen LogP contribution in [0.2, 0.25) is 0 Å². The Hall–Kier alpha value is -4.13. The molecule has 11 nitrogen and oxygen atoms in total. The predicted molar refractivity (Wildman–Crippen MR) is 167 cm³/mol. The Labute approximate surface area is 272 Å². The van der Waals surface area contributed by atoms with Crippen molar-refractivity contribution in [2.24, 2.45) is 0 Å². The molecule has 3 aromatic carbocycles. The number of aliphatic hydroxyl groups is 1. The maximum atomic E-state index is 14.5. The van der Waals surface area contributed by atoms with Crippen LogP contribution in [0.5, 0.6) is 23.0 Å². The lowest BCUT2D eigenvalue weighted by molar-refractivity contribution is -0.310. The second kappa shape index (κ2) is 11.8. The zero-order valence-corrected chi connectivity index (χ0v) is 27.1. The molecule has 0 bridgehead atoms. The van der Waals surface area contributed by atoms with E-state index in [9.17, 15) is 9.90 Å². The van der Waals surface area contributed by atoms with Crippen molar-refractivity contribution < 1.29 is 52.5 Å². The van der Waals surface area contributed by atoms with Crippen LogP contribution < -0.4 is 18.9 Å². The average Bonchev–Trinajstić information content (AvgIpc) is 3.42. The number of rotatable bonds is 8. The topological polar surface area (TPSA) is 120 Å². The number of methoxy groups -OCH3 is 6. The highest BCUT2D eigenvalue weighted by atomic mass is 16.8. The van der Waals surface area contributed by atoms with Gasteiger partial charge in [0.15, 0.2) is 23.4 Å². The Morgan fingerprint density at radius 1 is 0.745 bits per heavy atom. The summed E-state index contributed by atoms with van der Waals surface area (Å²) < 4.78 is 56.9. The molecule has 4 aliphatic rings. The molecule has 3 heterocycles. The molecule has 7 atom stereocenters. The highest BCUT2D eigenvalue weighted by molar-refractivity contribution is 6.03. The van der Waals surface area contributed by atoms with E-state index in [-0.39, 0.29) is 40.8 Å². The molecule has 3 aromatic rings. The van der Waals surface area contributed by atoms with Crippen molar-refractivity contribution in [2.45, 2.75) is 54.7 Å². The summed E-state index contributed by atoms with van der Waals surface area (Å²) in [6.07, 6.45) is -3.58. The molecular weight excluding hydrogens is 608 g/mol. The van der Waals surface area contributed by atoms with Crippen LogP contribution in [-0.2, 0) is 34.1 Å². The van der Waals surface area contributed by atoms with Gasteiger partial charge in [-0.1, -0.05) is 60.7 Å². The summed E-state index contributed by atoms with van der Waals surface area (Å²) in [5, 5.41) is 11.9. The minimum atomic E-state index is -1.98. The Bertz CT molecular complexity index is 1710. The van der Waals surface area contributed by atoms with E-state index in [1.165, 1.54) is 35.5 Å². The molecule has 0 amide bonds. The molecule has 3 aliphatic heterocycles. The number of hydrogen-bond donors (Lipinski definition) is 1. The summed E-state index contributed by atoms with van der Waals surface area (Å²) >= 11 is 0. The number of fused-ring (bicyclic) bond motifs is 6. The fourth-order valence-electron chi connectivity index (χ4n) is 7.74. The third kappa shape index (κ3) is 4.20. The van der Waals surface area contributed by atoms with E-state index < -0.39 is 47.7 Å². The lowest BCUT2D eigenvalue weighted by atomic mass is 9.70. The normalized spacial score (nSPS) is 30.6. The highest BCUT2D eigenvalue weighted by Gasteiger charge is 2.77. The summed E-state index contributed by atoms with van der Waals surface area (Å²) in [5.41, 5.74) is 0.776. The first-order chi connectivity index (χ1) is 22.8. The maximum absolute atomic E-state index is 14.5. The zero-order chi connectivity index (χ0) is 33.1. The van der Waals surface area contributed by atoms with Crippen LogP contribution in [0.1, 0.15) is 53.4 Å². The molecule has 0 radical (unpaired) electrons. The third-order valence-corrected chi connectivity index (χ3v) is 9.79. The predicted octanol–water partition coefficient (Wildman–Crippen LogP) is 4.87. The molecule has 0 aromatic heterocycles. The van der Waals surface area contributed by atoms with Crippen molar-refractivity contribution >= 4 is 5.78 Å². The Morgan fingerprint density at radius 2 is 1.36 bits per heavy atom. The summed E-state index contributed by atoms with van der Waals surface area (Å²) in [5.74, 6) is -1.48. The van der Waals surface area contributed by atoms with Crippen LogP contribution in [0.15, 0.2) is 72.0 Å². The van der Waals surface area contributed by atoms with Crippen molar-refractivity contribution in [3.8, 4) is 23.0 Å². The van der Waals surface area contributed by atoms with Crippen LogP contribution in [0.3, 0.4) is 0 Å². The van der Waals surface area contributed by atoms with Gasteiger partial charge in [-0.3, -0.25) is 4.79 Å². The number of benzene rings is 3. The van der Waals surface area contributed by atoms with E-state index in [4.69, 9.17) is 42.6 Å². The Kier molecular flexibility index (Phi) is 7.92. The Balaban J connectivity index is 1.53. The Morgan fingerprint density at radius 3 is 1.89 bits per heavy atom. The molecule has 1 N–H and O–H groups in total. The van der Waals surface area contributed by atoms with E-state index in [0.29, 0.717) is 17.5 Å². The standard InChI is InChI=1S/C36H38O11/c1-39-24-18-23(20-15-11-8-12-16-20)46-33-26(24)28(38)34(42-4)36(44-6)35(33,43-5)27-29(47-36)25-21(37)17-22(19-13-9-7-10-14-19)45-30(25)32(41-3)31(27)40-2/h7-16,21-24,34,37H,17-18H2,1-6H3/t21-,22+,23+,24-,34-,35?,36-/m1/s1. The van der Waals surface area contributed by atoms with Crippen molar-refractivity contribution in [1.82, 2.24) is 0 Å². The molecule has 248 valence electrons. The fraction of sp³-hybridized carbons (Fsp3) is 0.417. The van der Waals surface area contributed by atoms with Gasteiger partial charge in [0.25, 0.3) is 5.79 Å². The van der Waals surface area contributed by atoms with E-state index in [0.717, 1.165) is 11.1 Å². The van der Waals surface area contributed by atoms with Gasteiger partial charge >= 0.3 is 0 Å². The van der Waals surface area contributed by atoms with E-state index in [2.05, 4.69) is 0 Å². The maximum Gasteiger partial charge on any atom is 0.285 e. The van der Waals surface area contributed by atoms with Gasteiger partial charge in [-0.2, -0.15) is 0 Å². The number of hydrogen-bond acceptors (Lipinski definition) is 11. The minimum absolute atomic E-state index is 0.138. The number of Topliss-reactive ketones (excluding diaryl/α,β-unsaturated/α-hetero) is 1. The first kappa shape index (κ1) is 31.5. The van der Waals surface area contributed by atoms with Gasteiger partial charge in [0.2, 0.25) is 17.1 Å². The quantitative estimate of drug-likeness (QED) is 0.361. The first-order valence-corrected chi connectivity index (χ1v) is 15.4. The fourth-order valence-corrected chi connectivity index (χ4v) is 7.74. The van der Waals surface area contributed by atoms with Crippen LogP contribution in [0.25, 0.3) is 0 Å². The van der Waals surface area contributed by atoms with E-state index >= 15 is 0 Å². The number of ether oxygens (including phenoxy) is 9. The zero-order valence-electron chi connectivity index (χ0n) is 27.1. The van der Waals surface area contributed by atoms with Crippen molar-refractivity contribution in [2.75, 3.05) is 42.7 Å². The second-order valence-corrected chi connectivity index (χ2v) is 11.8. The largest absolute Gasteiger partial charge is 0.492 e. The molecule has 0 saturated heterocycles. The molecule has 0 spiro atoms. The molecule has 0 saturated carbocycles. The van der Waals surface area contributed by atoms with Crippen molar-refractivity contribution in [3.63, 3.8) is 0 Å². The SMILES string of the molecule is COc1c2c(c3c(c1OC)C1(OC)C4=C(C(=O)[C@@H](OC)[C@@]1(OC)O3)[C@H](OC)C[C@@H](c1ccccc1)O4)[C@H](O)C[C@@H](c1ccccc1)O2. The van der Waals surface area contributed by atoms with Crippen LogP contribution in [0, 0.1) is 0 Å². The molecule has 7 rings (SSSR count). The average molecular weight is 647 g/mol. The smallest absolute Gasteiger partial charge is 0.285 e. The summed E-state index contributed by atoms with van der Waals surface area (Å²) in [6, 6.07) is 19.3. The number of ketones is 1. The van der Waals surface area contributed by atoms with Crippen LogP contribution in [0.4, 0.5) is 0 Å². The first-order valence-electron chi connectivity index (χ1n) is 15.4. The monoisotopic (exact) mass is 646 g/mol.